The molecule has 4 heteroatoms. The van der Waals surface area contributed by atoms with Gasteiger partial charge < -0.3 is 19.8 Å². The molecule has 3 fully saturated rings. The van der Waals surface area contributed by atoms with E-state index in [1.165, 1.54) is 84.2 Å². The van der Waals surface area contributed by atoms with E-state index < -0.39 is 0 Å². The van der Waals surface area contributed by atoms with Gasteiger partial charge in [-0.15, -0.1) is 0 Å². The first-order chi connectivity index (χ1) is 11.2. The minimum absolute atomic E-state index is 0.369. The molecule has 0 amide bonds. The summed E-state index contributed by atoms with van der Waals surface area (Å²) in [6.07, 6.45) is 10.7. The number of rotatable bonds is 3. The van der Waals surface area contributed by atoms with Crippen LogP contribution in [0.1, 0.15) is 51.4 Å². The van der Waals surface area contributed by atoms with Crippen LogP contribution in [0.4, 0.5) is 0 Å². The van der Waals surface area contributed by atoms with Crippen molar-refractivity contribution in [3.63, 3.8) is 0 Å². The van der Waals surface area contributed by atoms with Crippen LogP contribution in [0, 0.1) is 5.92 Å². The molecule has 0 bridgehead atoms. The quantitative estimate of drug-likeness (QED) is 0.862. The van der Waals surface area contributed by atoms with Crippen LogP contribution in [0.5, 0.6) is 0 Å². The summed E-state index contributed by atoms with van der Waals surface area (Å²) < 4.78 is 0. The molecule has 3 rings (SSSR count). The molecular weight excluding hydrogens is 286 g/mol. The van der Waals surface area contributed by atoms with Crippen LogP contribution in [0.25, 0.3) is 0 Å². The Morgan fingerprint density at radius 1 is 0.739 bits per heavy atom. The third-order valence-electron chi connectivity index (χ3n) is 5.97. The van der Waals surface area contributed by atoms with Gasteiger partial charge in [0.05, 0.1) is 0 Å². The molecule has 3 aliphatic heterocycles. The van der Waals surface area contributed by atoms with Gasteiger partial charge in [0.1, 0.15) is 0 Å². The van der Waals surface area contributed by atoms with Crippen LogP contribution >= 0.6 is 0 Å². The molecular formula is C19H39N3O. The molecule has 4 nitrogen and oxygen atoms in total. The van der Waals surface area contributed by atoms with E-state index in [-0.39, 0.29) is 0 Å². The predicted molar refractivity (Wildman–Crippen MR) is 97.9 cm³/mol. The van der Waals surface area contributed by atoms with Crippen LogP contribution in [-0.4, -0.2) is 85.8 Å². The number of hydrogen-bond acceptors (Lipinski definition) is 4. The number of hydrogen-bond donors (Lipinski definition) is 1. The summed E-state index contributed by atoms with van der Waals surface area (Å²) in [4.78, 5) is 7.55. The Labute approximate surface area is 143 Å². The topological polar surface area (TPSA) is 30.0 Å². The molecule has 3 aliphatic rings. The summed E-state index contributed by atoms with van der Waals surface area (Å²) in [6, 6.07) is 0.913. The average molecular weight is 326 g/mol. The minimum atomic E-state index is 0.369. The van der Waals surface area contributed by atoms with Crippen LogP contribution in [0.15, 0.2) is 0 Å². The number of aliphatic hydroxyl groups is 1. The lowest BCUT2D eigenvalue weighted by Crippen LogP contribution is -2.45. The van der Waals surface area contributed by atoms with Gasteiger partial charge in [0.15, 0.2) is 0 Å². The second kappa shape index (κ2) is 10.7. The van der Waals surface area contributed by atoms with E-state index in [4.69, 9.17) is 5.11 Å². The summed E-state index contributed by atoms with van der Waals surface area (Å²) in [5.41, 5.74) is 0. The SMILES string of the molecule is CN1CCC(CCO)CC1.CN1CCC(N2CCCCC2)CC1. The molecule has 0 saturated carbocycles. The first-order valence-corrected chi connectivity index (χ1v) is 9.91. The Morgan fingerprint density at radius 2 is 1.26 bits per heavy atom. The maximum absolute atomic E-state index is 8.67. The third kappa shape index (κ3) is 7.08. The fourth-order valence-corrected chi connectivity index (χ4v) is 4.18. The first-order valence-electron chi connectivity index (χ1n) is 9.91. The maximum atomic E-state index is 8.67. The zero-order chi connectivity index (χ0) is 16.5. The second-order valence-electron chi connectivity index (χ2n) is 7.89. The fraction of sp³-hybridized carbons (Fsp3) is 1.00. The fourth-order valence-electron chi connectivity index (χ4n) is 4.18. The average Bonchev–Trinajstić information content (AvgIpc) is 2.59. The molecule has 0 aromatic rings. The van der Waals surface area contributed by atoms with Crippen molar-refractivity contribution in [1.82, 2.24) is 14.7 Å². The predicted octanol–water partition coefficient (Wildman–Crippen LogP) is 2.28. The van der Waals surface area contributed by atoms with E-state index in [0.717, 1.165) is 18.4 Å². The lowest BCUT2D eigenvalue weighted by molar-refractivity contribution is 0.103. The van der Waals surface area contributed by atoms with Crippen LogP contribution < -0.4 is 0 Å². The van der Waals surface area contributed by atoms with E-state index in [1.54, 1.807) is 0 Å². The van der Waals surface area contributed by atoms with Crippen molar-refractivity contribution in [2.75, 3.05) is 60.0 Å². The highest BCUT2D eigenvalue weighted by Gasteiger charge is 2.23. The maximum Gasteiger partial charge on any atom is 0.0433 e. The van der Waals surface area contributed by atoms with Gasteiger partial charge in [0, 0.05) is 12.6 Å². The zero-order valence-electron chi connectivity index (χ0n) is 15.6. The summed E-state index contributed by atoms with van der Waals surface area (Å²) >= 11 is 0. The molecule has 0 aromatic carbocycles. The van der Waals surface area contributed by atoms with Gasteiger partial charge >= 0.3 is 0 Å². The summed E-state index contributed by atoms with van der Waals surface area (Å²) in [6.45, 7) is 8.15. The Balaban J connectivity index is 0.000000174. The number of aliphatic hydroxyl groups excluding tert-OH is 1. The molecule has 0 radical (unpaired) electrons. The molecule has 136 valence electrons. The summed E-state index contributed by atoms with van der Waals surface area (Å²) in [7, 11) is 4.40. The zero-order valence-corrected chi connectivity index (χ0v) is 15.6. The number of piperidine rings is 3. The Kier molecular flexibility index (Phi) is 8.88. The Bertz CT molecular complexity index is 291. The van der Waals surface area contributed by atoms with Crippen molar-refractivity contribution in [3.05, 3.63) is 0 Å². The van der Waals surface area contributed by atoms with E-state index in [0.29, 0.717) is 6.61 Å². The summed E-state index contributed by atoms with van der Waals surface area (Å²) in [5.74, 6) is 0.793. The molecule has 0 atom stereocenters. The highest BCUT2D eigenvalue weighted by atomic mass is 16.3. The smallest absolute Gasteiger partial charge is 0.0433 e. The van der Waals surface area contributed by atoms with Crippen molar-refractivity contribution in [1.29, 1.82) is 0 Å². The molecule has 0 aliphatic carbocycles. The molecule has 0 unspecified atom stereocenters. The van der Waals surface area contributed by atoms with E-state index in [9.17, 15) is 0 Å². The van der Waals surface area contributed by atoms with Crippen LogP contribution in [-0.2, 0) is 0 Å². The van der Waals surface area contributed by atoms with E-state index >= 15 is 0 Å². The van der Waals surface area contributed by atoms with Gasteiger partial charge in [0.25, 0.3) is 0 Å². The van der Waals surface area contributed by atoms with Gasteiger partial charge in [-0.25, -0.2) is 0 Å². The largest absolute Gasteiger partial charge is 0.396 e. The lowest BCUT2D eigenvalue weighted by atomic mass is 9.94. The van der Waals surface area contributed by atoms with Gasteiger partial charge in [-0.05, 0) is 104 Å². The van der Waals surface area contributed by atoms with Crippen LogP contribution in [0.2, 0.25) is 0 Å². The first kappa shape index (κ1) is 19.2. The molecule has 0 aromatic heterocycles. The van der Waals surface area contributed by atoms with E-state index in [1.807, 2.05) is 0 Å². The molecule has 0 spiro atoms. The van der Waals surface area contributed by atoms with Crippen molar-refractivity contribution in [3.8, 4) is 0 Å². The third-order valence-corrected chi connectivity index (χ3v) is 5.97. The molecule has 3 heterocycles. The molecule has 1 N–H and O–H groups in total. The van der Waals surface area contributed by atoms with Crippen LogP contribution in [0.3, 0.4) is 0 Å². The number of nitrogens with zero attached hydrogens (tertiary/aromatic N) is 3. The van der Waals surface area contributed by atoms with Crippen molar-refractivity contribution >= 4 is 0 Å². The van der Waals surface area contributed by atoms with Crippen molar-refractivity contribution in [2.45, 2.75) is 57.4 Å². The van der Waals surface area contributed by atoms with Gasteiger partial charge in [-0.1, -0.05) is 6.42 Å². The number of likely N-dealkylation sites (tertiary alicyclic amines) is 3. The highest BCUT2D eigenvalue weighted by Crippen LogP contribution is 2.20. The Morgan fingerprint density at radius 3 is 1.78 bits per heavy atom. The standard InChI is InChI=1S/C11H22N2.C8H17NO/c1-12-9-5-11(6-10-12)13-7-3-2-4-8-13;1-9-5-2-8(3-6-9)4-7-10/h11H,2-10H2,1H3;8,10H,2-7H2,1H3. The van der Waals surface area contributed by atoms with E-state index in [2.05, 4.69) is 28.8 Å². The summed E-state index contributed by atoms with van der Waals surface area (Å²) in [5, 5.41) is 8.67. The Hall–Kier alpha value is -0.160. The lowest BCUT2D eigenvalue weighted by Gasteiger charge is -2.39. The monoisotopic (exact) mass is 325 g/mol. The minimum Gasteiger partial charge on any atom is -0.396 e. The van der Waals surface area contributed by atoms with Gasteiger partial charge in [-0.3, -0.25) is 0 Å². The second-order valence-corrected chi connectivity index (χ2v) is 7.89. The highest BCUT2D eigenvalue weighted by molar-refractivity contribution is 4.80. The normalized spacial score (nSPS) is 26.7. The van der Waals surface area contributed by atoms with Crippen molar-refractivity contribution < 1.29 is 5.11 Å². The van der Waals surface area contributed by atoms with Gasteiger partial charge in [0.2, 0.25) is 0 Å². The molecule has 23 heavy (non-hydrogen) atoms. The molecule has 3 saturated heterocycles. The van der Waals surface area contributed by atoms with Crippen molar-refractivity contribution in [2.24, 2.45) is 5.92 Å². The van der Waals surface area contributed by atoms with Gasteiger partial charge in [-0.2, -0.15) is 0 Å².